The molecule has 0 radical (unpaired) electrons. The van der Waals surface area contributed by atoms with Crippen molar-refractivity contribution < 1.29 is 9.18 Å². The van der Waals surface area contributed by atoms with Crippen LogP contribution in [0.4, 0.5) is 10.1 Å². The van der Waals surface area contributed by atoms with E-state index in [4.69, 9.17) is 0 Å². The van der Waals surface area contributed by atoms with Crippen LogP contribution in [0.2, 0.25) is 0 Å². The van der Waals surface area contributed by atoms with Crippen LogP contribution in [0.1, 0.15) is 24.8 Å². The Morgan fingerprint density at radius 1 is 1.18 bits per heavy atom. The van der Waals surface area contributed by atoms with Crippen molar-refractivity contribution in [3.63, 3.8) is 0 Å². The summed E-state index contributed by atoms with van der Waals surface area (Å²) in [6, 6.07) is 9.13. The second-order valence-corrected chi connectivity index (χ2v) is 5.76. The minimum Gasteiger partial charge on any atom is -0.324 e. The van der Waals surface area contributed by atoms with Gasteiger partial charge < -0.3 is 9.88 Å². The highest BCUT2D eigenvalue weighted by Crippen LogP contribution is 2.44. The number of benzene rings is 1. The number of aromatic nitrogens is 1. The third-order valence-electron chi connectivity index (χ3n) is 4.38. The summed E-state index contributed by atoms with van der Waals surface area (Å²) in [7, 11) is 1.64. The van der Waals surface area contributed by atoms with Gasteiger partial charge in [0.2, 0.25) is 11.5 Å². The Bertz CT molecular complexity index is 761. The molecular formula is C17H17FN2O2. The number of nitrogens with one attached hydrogen (secondary N) is 1. The summed E-state index contributed by atoms with van der Waals surface area (Å²) < 4.78 is 14.5. The summed E-state index contributed by atoms with van der Waals surface area (Å²) in [5, 5.41) is 2.87. The molecule has 1 saturated carbocycles. The summed E-state index contributed by atoms with van der Waals surface area (Å²) in [5.41, 5.74) is 0.695. The average Bonchev–Trinajstić information content (AvgIpc) is 2.44. The van der Waals surface area contributed by atoms with Crippen LogP contribution < -0.4 is 10.9 Å². The maximum atomic E-state index is 13.1. The van der Waals surface area contributed by atoms with Crippen molar-refractivity contribution in [3.05, 3.63) is 64.3 Å². The Kier molecular flexibility index (Phi) is 3.56. The molecule has 3 rings (SSSR count). The Hall–Kier alpha value is -2.43. The standard InChI is InChI=1S/C17H17FN2O2/c1-20-11-14(7-8-15(20)21)19-16(22)17(9-2-10-17)12-3-5-13(18)6-4-12/h3-8,11H,2,9-10H2,1H3,(H,19,22). The van der Waals surface area contributed by atoms with Crippen LogP contribution in [0, 0.1) is 5.82 Å². The molecule has 0 saturated heterocycles. The molecule has 0 aliphatic heterocycles. The Morgan fingerprint density at radius 3 is 2.41 bits per heavy atom. The van der Waals surface area contributed by atoms with Crippen molar-refractivity contribution in [1.29, 1.82) is 0 Å². The Labute approximate surface area is 127 Å². The zero-order chi connectivity index (χ0) is 15.7. The van der Waals surface area contributed by atoms with E-state index in [0.717, 1.165) is 24.8 Å². The van der Waals surface area contributed by atoms with E-state index >= 15 is 0 Å². The Morgan fingerprint density at radius 2 is 1.86 bits per heavy atom. The number of nitrogens with zero attached hydrogens (tertiary/aromatic N) is 1. The highest BCUT2D eigenvalue weighted by molar-refractivity contribution is 5.99. The van der Waals surface area contributed by atoms with E-state index in [-0.39, 0.29) is 17.3 Å². The third kappa shape index (κ3) is 2.43. The molecule has 114 valence electrons. The number of anilines is 1. The van der Waals surface area contributed by atoms with Crippen LogP contribution in [-0.4, -0.2) is 10.5 Å². The zero-order valence-electron chi connectivity index (χ0n) is 12.3. The minimum absolute atomic E-state index is 0.107. The lowest BCUT2D eigenvalue weighted by atomic mass is 9.64. The lowest BCUT2D eigenvalue weighted by Crippen LogP contribution is -2.46. The monoisotopic (exact) mass is 300 g/mol. The first-order chi connectivity index (χ1) is 10.5. The molecule has 1 aliphatic rings. The van der Waals surface area contributed by atoms with Gasteiger partial charge in [0.05, 0.1) is 11.1 Å². The molecule has 0 spiro atoms. The first-order valence-electron chi connectivity index (χ1n) is 7.25. The van der Waals surface area contributed by atoms with Crippen molar-refractivity contribution in [1.82, 2.24) is 4.57 Å². The number of carbonyl (C=O) groups excluding carboxylic acids is 1. The maximum Gasteiger partial charge on any atom is 0.250 e. The van der Waals surface area contributed by atoms with Gasteiger partial charge in [-0.1, -0.05) is 18.6 Å². The van der Waals surface area contributed by atoms with E-state index in [1.165, 1.54) is 22.8 Å². The molecule has 0 atom stereocenters. The zero-order valence-corrected chi connectivity index (χ0v) is 12.3. The van der Waals surface area contributed by atoms with Crippen LogP contribution in [0.25, 0.3) is 0 Å². The molecule has 0 unspecified atom stereocenters. The number of pyridine rings is 1. The van der Waals surface area contributed by atoms with Gasteiger partial charge in [-0.05, 0) is 36.6 Å². The predicted molar refractivity (Wildman–Crippen MR) is 82.2 cm³/mol. The lowest BCUT2D eigenvalue weighted by molar-refractivity contribution is -0.124. The molecule has 1 heterocycles. The van der Waals surface area contributed by atoms with Crippen molar-refractivity contribution in [2.45, 2.75) is 24.7 Å². The van der Waals surface area contributed by atoms with Crippen LogP contribution in [0.3, 0.4) is 0 Å². The molecule has 1 aromatic heterocycles. The predicted octanol–water partition coefficient (Wildman–Crippen LogP) is 2.58. The van der Waals surface area contributed by atoms with Gasteiger partial charge in [0.25, 0.3) is 0 Å². The van der Waals surface area contributed by atoms with Crippen molar-refractivity contribution in [3.8, 4) is 0 Å². The fourth-order valence-corrected chi connectivity index (χ4v) is 2.86. The van der Waals surface area contributed by atoms with Gasteiger partial charge in [-0.2, -0.15) is 0 Å². The fourth-order valence-electron chi connectivity index (χ4n) is 2.86. The fraction of sp³-hybridized carbons (Fsp3) is 0.294. The second-order valence-electron chi connectivity index (χ2n) is 5.76. The number of halogens is 1. The number of rotatable bonds is 3. The summed E-state index contributed by atoms with van der Waals surface area (Å²) in [6.45, 7) is 0. The highest BCUT2D eigenvalue weighted by Gasteiger charge is 2.45. The van der Waals surface area contributed by atoms with Crippen molar-refractivity contribution in [2.75, 3.05) is 5.32 Å². The number of aryl methyl sites for hydroxylation is 1. The van der Waals surface area contributed by atoms with E-state index in [1.807, 2.05) is 0 Å². The summed E-state index contributed by atoms with van der Waals surface area (Å²) >= 11 is 0. The highest BCUT2D eigenvalue weighted by atomic mass is 19.1. The van der Waals surface area contributed by atoms with Crippen LogP contribution in [0.15, 0.2) is 47.4 Å². The topological polar surface area (TPSA) is 51.1 Å². The molecule has 1 aromatic carbocycles. The Balaban J connectivity index is 1.87. The molecule has 22 heavy (non-hydrogen) atoms. The molecule has 1 amide bonds. The molecule has 1 aliphatic carbocycles. The summed E-state index contributed by atoms with van der Waals surface area (Å²) in [4.78, 5) is 24.1. The number of amides is 1. The van der Waals surface area contributed by atoms with Crippen LogP contribution in [0.5, 0.6) is 0 Å². The van der Waals surface area contributed by atoms with Gasteiger partial charge in [0, 0.05) is 19.3 Å². The van der Waals surface area contributed by atoms with E-state index in [0.29, 0.717) is 5.69 Å². The third-order valence-corrected chi connectivity index (χ3v) is 4.38. The molecular weight excluding hydrogens is 283 g/mol. The molecule has 5 heteroatoms. The molecule has 0 bridgehead atoms. The SMILES string of the molecule is Cn1cc(NC(=O)C2(c3ccc(F)cc3)CCC2)ccc1=O. The van der Waals surface area contributed by atoms with E-state index in [2.05, 4.69) is 5.32 Å². The van der Waals surface area contributed by atoms with Gasteiger partial charge in [-0.25, -0.2) is 4.39 Å². The summed E-state index contributed by atoms with van der Waals surface area (Å²) in [5.74, 6) is -0.416. The molecule has 1 N–H and O–H groups in total. The van der Waals surface area contributed by atoms with E-state index in [1.54, 1.807) is 31.4 Å². The van der Waals surface area contributed by atoms with Gasteiger partial charge in [0.1, 0.15) is 5.82 Å². The van der Waals surface area contributed by atoms with Crippen LogP contribution in [-0.2, 0) is 17.3 Å². The lowest BCUT2D eigenvalue weighted by Gasteiger charge is -2.40. The smallest absolute Gasteiger partial charge is 0.250 e. The molecule has 4 nitrogen and oxygen atoms in total. The van der Waals surface area contributed by atoms with Gasteiger partial charge >= 0.3 is 0 Å². The molecule has 2 aromatic rings. The summed E-state index contributed by atoms with van der Waals surface area (Å²) in [6.07, 6.45) is 4.06. The minimum atomic E-state index is -0.595. The van der Waals surface area contributed by atoms with Gasteiger partial charge in [0.15, 0.2) is 0 Å². The number of hydrogen-bond donors (Lipinski definition) is 1. The quantitative estimate of drug-likeness (QED) is 0.947. The van der Waals surface area contributed by atoms with E-state index < -0.39 is 5.41 Å². The average molecular weight is 300 g/mol. The first kappa shape index (κ1) is 14.5. The van der Waals surface area contributed by atoms with Gasteiger partial charge in [-0.3, -0.25) is 9.59 Å². The maximum absolute atomic E-state index is 13.1. The van der Waals surface area contributed by atoms with E-state index in [9.17, 15) is 14.0 Å². The number of hydrogen-bond acceptors (Lipinski definition) is 2. The normalized spacial score (nSPS) is 15.9. The molecule has 1 fully saturated rings. The second kappa shape index (κ2) is 5.40. The van der Waals surface area contributed by atoms with Crippen molar-refractivity contribution >= 4 is 11.6 Å². The van der Waals surface area contributed by atoms with Crippen LogP contribution >= 0.6 is 0 Å². The van der Waals surface area contributed by atoms with Crippen molar-refractivity contribution in [2.24, 2.45) is 7.05 Å². The number of carbonyl (C=O) groups is 1. The first-order valence-corrected chi connectivity index (χ1v) is 7.25. The van der Waals surface area contributed by atoms with Gasteiger partial charge in [-0.15, -0.1) is 0 Å². The largest absolute Gasteiger partial charge is 0.324 e.